The summed E-state index contributed by atoms with van der Waals surface area (Å²) in [5.74, 6) is 0.572. The van der Waals surface area contributed by atoms with Gasteiger partial charge in [0.05, 0.1) is 25.4 Å². The first-order valence-corrected chi connectivity index (χ1v) is 8.11. The molecule has 4 heteroatoms. The van der Waals surface area contributed by atoms with Gasteiger partial charge < -0.3 is 14.6 Å². The fourth-order valence-corrected chi connectivity index (χ4v) is 3.00. The summed E-state index contributed by atoms with van der Waals surface area (Å²) in [6, 6.07) is 5.81. The van der Waals surface area contributed by atoms with Gasteiger partial charge in [-0.1, -0.05) is 40.7 Å². The molecule has 4 nitrogen and oxygen atoms in total. The minimum absolute atomic E-state index is 0.00283. The predicted octanol–water partition coefficient (Wildman–Crippen LogP) is 3.60. The van der Waals surface area contributed by atoms with Crippen LogP contribution in [-0.2, 0) is 10.2 Å². The Bertz CT molecular complexity index is 501. The van der Waals surface area contributed by atoms with Crippen molar-refractivity contribution in [3.63, 3.8) is 0 Å². The number of aldehydes is 1. The van der Waals surface area contributed by atoms with Gasteiger partial charge in [-0.15, -0.1) is 0 Å². The van der Waals surface area contributed by atoms with Crippen molar-refractivity contribution in [2.24, 2.45) is 5.41 Å². The molecule has 0 radical (unpaired) electrons. The summed E-state index contributed by atoms with van der Waals surface area (Å²) in [7, 11) is 0. The van der Waals surface area contributed by atoms with Crippen molar-refractivity contribution in [1.82, 2.24) is 0 Å². The van der Waals surface area contributed by atoms with Crippen LogP contribution in [0.25, 0.3) is 0 Å². The van der Waals surface area contributed by atoms with E-state index in [4.69, 9.17) is 14.6 Å². The highest BCUT2D eigenvalue weighted by atomic mass is 16.5. The molecule has 0 aliphatic heterocycles. The normalized spacial score (nSPS) is 12.3. The lowest BCUT2D eigenvalue weighted by molar-refractivity contribution is 0.0702. The van der Waals surface area contributed by atoms with Crippen LogP contribution in [0.3, 0.4) is 0 Å². The van der Waals surface area contributed by atoms with Crippen LogP contribution < -0.4 is 4.74 Å². The van der Waals surface area contributed by atoms with Crippen molar-refractivity contribution in [1.29, 1.82) is 0 Å². The van der Waals surface area contributed by atoms with Crippen molar-refractivity contribution >= 4 is 6.29 Å². The van der Waals surface area contributed by atoms with E-state index in [0.717, 1.165) is 18.3 Å². The molecular formula is C19H30O4. The van der Waals surface area contributed by atoms with Gasteiger partial charge in [-0.25, -0.2) is 0 Å². The third-order valence-corrected chi connectivity index (χ3v) is 3.61. The molecule has 0 atom stereocenters. The second-order valence-corrected chi connectivity index (χ2v) is 7.68. The minimum atomic E-state index is -0.0151. The third-order valence-electron chi connectivity index (χ3n) is 3.61. The minimum Gasteiger partial charge on any atom is -0.490 e. The van der Waals surface area contributed by atoms with E-state index < -0.39 is 0 Å². The molecule has 0 saturated heterocycles. The Balaban J connectivity index is 2.81. The number of carbonyl (C=O) groups is 1. The number of rotatable bonds is 9. The number of aliphatic hydroxyl groups is 1. The lowest BCUT2D eigenvalue weighted by Gasteiger charge is -2.33. The number of carbonyl (C=O) groups excluding carboxylic acids is 1. The maximum Gasteiger partial charge on any atom is 0.153 e. The Morgan fingerprint density at radius 2 is 1.78 bits per heavy atom. The molecule has 1 rings (SSSR count). The summed E-state index contributed by atoms with van der Waals surface area (Å²) in [5.41, 5.74) is 1.90. The quantitative estimate of drug-likeness (QED) is 0.557. The molecule has 0 aliphatic carbocycles. The maximum absolute atomic E-state index is 11.4. The fraction of sp³-hybridized carbons (Fsp3) is 0.632. The molecule has 1 aromatic carbocycles. The number of ether oxygens (including phenoxy) is 2. The molecule has 0 fully saturated rings. The van der Waals surface area contributed by atoms with Crippen LogP contribution in [0, 0.1) is 5.41 Å². The topological polar surface area (TPSA) is 55.8 Å². The van der Waals surface area contributed by atoms with Crippen molar-refractivity contribution in [2.45, 2.75) is 46.5 Å². The first kappa shape index (κ1) is 19.7. The zero-order chi connectivity index (χ0) is 17.5. The van der Waals surface area contributed by atoms with E-state index in [1.54, 1.807) is 0 Å². The van der Waals surface area contributed by atoms with E-state index in [2.05, 4.69) is 34.6 Å². The van der Waals surface area contributed by atoms with E-state index in [1.807, 2.05) is 18.2 Å². The Hall–Kier alpha value is -1.39. The van der Waals surface area contributed by atoms with E-state index in [0.29, 0.717) is 31.1 Å². The molecule has 0 bridgehead atoms. The van der Waals surface area contributed by atoms with Gasteiger partial charge in [-0.2, -0.15) is 0 Å². The average molecular weight is 322 g/mol. The molecule has 0 aromatic heterocycles. The molecule has 0 unspecified atom stereocenters. The summed E-state index contributed by atoms with van der Waals surface area (Å²) in [4.78, 5) is 11.4. The van der Waals surface area contributed by atoms with E-state index in [1.165, 1.54) is 0 Å². The average Bonchev–Trinajstić information content (AvgIpc) is 2.44. The summed E-state index contributed by atoms with van der Waals surface area (Å²) < 4.78 is 10.8. The molecule has 1 N–H and O–H groups in total. The predicted molar refractivity (Wildman–Crippen MR) is 92.3 cm³/mol. The van der Waals surface area contributed by atoms with Gasteiger partial charge >= 0.3 is 0 Å². The summed E-state index contributed by atoms with van der Waals surface area (Å²) in [5, 5.41) is 8.64. The van der Waals surface area contributed by atoms with Gasteiger partial charge in [0.15, 0.2) is 6.29 Å². The standard InChI is InChI=1S/C19H30O4/c1-18(2,3)14-19(4,5)16-6-7-17(15(12-16)13-21)23-11-10-22-9-8-20/h6-7,12-13,20H,8-11,14H2,1-5H3. The van der Waals surface area contributed by atoms with Crippen LogP contribution >= 0.6 is 0 Å². The lowest BCUT2D eigenvalue weighted by atomic mass is 9.72. The second kappa shape index (κ2) is 8.46. The first-order valence-electron chi connectivity index (χ1n) is 8.11. The zero-order valence-corrected chi connectivity index (χ0v) is 15.0. The van der Waals surface area contributed by atoms with Crippen LogP contribution in [0.5, 0.6) is 5.75 Å². The number of benzene rings is 1. The van der Waals surface area contributed by atoms with Crippen molar-refractivity contribution in [3.05, 3.63) is 29.3 Å². The molecule has 0 heterocycles. The van der Waals surface area contributed by atoms with E-state index >= 15 is 0 Å². The van der Waals surface area contributed by atoms with Crippen molar-refractivity contribution in [2.75, 3.05) is 26.4 Å². The number of hydrogen-bond acceptors (Lipinski definition) is 4. The van der Waals surface area contributed by atoms with Gasteiger partial charge in [0.1, 0.15) is 12.4 Å². The smallest absolute Gasteiger partial charge is 0.153 e. The SMILES string of the molecule is CC(C)(C)CC(C)(C)c1ccc(OCCOCCO)c(C=O)c1. The Kier molecular flexibility index (Phi) is 7.23. The molecule has 23 heavy (non-hydrogen) atoms. The second-order valence-electron chi connectivity index (χ2n) is 7.68. The highest BCUT2D eigenvalue weighted by Crippen LogP contribution is 2.37. The van der Waals surface area contributed by atoms with Crippen molar-refractivity contribution in [3.8, 4) is 5.75 Å². The Labute approximate surface area is 139 Å². The molecule has 1 aromatic rings. The largest absolute Gasteiger partial charge is 0.490 e. The molecule has 0 spiro atoms. The van der Waals surface area contributed by atoms with Gasteiger partial charge in [0.25, 0.3) is 0 Å². The van der Waals surface area contributed by atoms with Gasteiger partial charge in [-0.3, -0.25) is 4.79 Å². The lowest BCUT2D eigenvalue weighted by Crippen LogP contribution is -2.25. The van der Waals surface area contributed by atoms with E-state index in [-0.39, 0.29) is 17.4 Å². The molecule has 0 amide bonds. The van der Waals surface area contributed by atoms with Gasteiger partial charge in [-0.05, 0) is 34.9 Å². The highest BCUT2D eigenvalue weighted by molar-refractivity contribution is 5.79. The summed E-state index contributed by atoms with van der Waals surface area (Å²) in [6.07, 6.45) is 1.86. The number of aliphatic hydroxyl groups excluding tert-OH is 1. The molecular weight excluding hydrogens is 292 g/mol. The summed E-state index contributed by atoms with van der Waals surface area (Å²) >= 11 is 0. The number of hydrogen-bond donors (Lipinski definition) is 1. The monoisotopic (exact) mass is 322 g/mol. The van der Waals surface area contributed by atoms with Crippen molar-refractivity contribution < 1.29 is 19.4 Å². The Morgan fingerprint density at radius 1 is 1.09 bits per heavy atom. The third kappa shape index (κ3) is 6.71. The van der Waals surface area contributed by atoms with Crippen LogP contribution in [0.2, 0.25) is 0 Å². The Morgan fingerprint density at radius 3 is 2.35 bits per heavy atom. The van der Waals surface area contributed by atoms with Crippen LogP contribution in [0.4, 0.5) is 0 Å². The highest BCUT2D eigenvalue weighted by Gasteiger charge is 2.27. The zero-order valence-electron chi connectivity index (χ0n) is 15.0. The maximum atomic E-state index is 11.4. The van der Waals surface area contributed by atoms with Gasteiger partial charge in [0.2, 0.25) is 0 Å². The molecule has 0 saturated carbocycles. The van der Waals surface area contributed by atoms with Crippen LogP contribution in [-0.4, -0.2) is 37.8 Å². The molecule has 130 valence electrons. The fourth-order valence-electron chi connectivity index (χ4n) is 3.00. The summed E-state index contributed by atoms with van der Waals surface area (Å²) in [6.45, 7) is 12.1. The molecule has 0 aliphatic rings. The van der Waals surface area contributed by atoms with E-state index in [9.17, 15) is 4.79 Å². The van der Waals surface area contributed by atoms with Gasteiger partial charge in [0, 0.05) is 0 Å². The van der Waals surface area contributed by atoms with Crippen LogP contribution in [0.15, 0.2) is 18.2 Å². The van der Waals surface area contributed by atoms with Crippen LogP contribution in [0.1, 0.15) is 57.0 Å². The first-order chi connectivity index (χ1) is 10.7.